The first-order valence-electron chi connectivity index (χ1n) is 5.40. The lowest BCUT2D eigenvalue weighted by Crippen LogP contribution is -2.29. The highest BCUT2D eigenvalue weighted by molar-refractivity contribution is 5.74. The van der Waals surface area contributed by atoms with Crippen LogP contribution in [0.3, 0.4) is 0 Å². The summed E-state index contributed by atoms with van der Waals surface area (Å²) in [6.45, 7) is 0.624. The molecule has 4 nitrogen and oxygen atoms in total. The number of nitrogens with two attached hydrogens (primary N) is 1. The fourth-order valence-corrected chi connectivity index (χ4v) is 2.54. The van der Waals surface area contributed by atoms with Gasteiger partial charge >= 0.3 is 0 Å². The number of hydrogen-bond acceptors (Lipinski definition) is 4. The van der Waals surface area contributed by atoms with Gasteiger partial charge in [-0.3, -0.25) is 0 Å². The van der Waals surface area contributed by atoms with Crippen molar-refractivity contribution in [3.05, 3.63) is 29.3 Å². The average Bonchev–Trinajstić information content (AvgIpc) is 2.85. The van der Waals surface area contributed by atoms with Crippen molar-refractivity contribution >= 4 is 6.02 Å². The Kier molecular flexibility index (Phi) is 1.87. The van der Waals surface area contributed by atoms with Crippen LogP contribution in [-0.2, 0) is 16.8 Å². The molecule has 2 N–H and O–H groups in total. The van der Waals surface area contributed by atoms with Crippen molar-refractivity contribution in [3.63, 3.8) is 0 Å². The molecule has 16 heavy (non-hydrogen) atoms. The van der Waals surface area contributed by atoms with E-state index < -0.39 is 0 Å². The Bertz CT molecular complexity index is 470. The Labute approximate surface area is 94.1 Å². The normalized spacial score (nSPS) is 26.4. The molecule has 1 atom stereocenters. The van der Waals surface area contributed by atoms with Crippen LogP contribution >= 0.6 is 0 Å². The van der Waals surface area contributed by atoms with Gasteiger partial charge in [0.05, 0.1) is 13.7 Å². The van der Waals surface area contributed by atoms with E-state index in [0.29, 0.717) is 12.6 Å². The number of methoxy groups -OCH3 is 1. The molecule has 0 fully saturated rings. The summed E-state index contributed by atoms with van der Waals surface area (Å²) in [5, 5.41) is 0. The summed E-state index contributed by atoms with van der Waals surface area (Å²) in [6, 6.07) is 6.42. The van der Waals surface area contributed by atoms with Crippen molar-refractivity contribution in [2.75, 3.05) is 13.7 Å². The summed E-state index contributed by atoms with van der Waals surface area (Å²) >= 11 is 0. The second-order valence-corrected chi connectivity index (χ2v) is 4.27. The van der Waals surface area contributed by atoms with Gasteiger partial charge in [0.2, 0.25) is 0 Å². The highest BCUT2D eigenvalue weighted by Crippen LogP contribution is 2.43. The molecule has 1 aliphatic carbocycles. The van der Waals surface area contributed by atoms with E-state index in [9.17, 15) is 0 Å². The Morgan fingerprint density at radius 1 is 1.50 bits per heavy atom. The summed E-state index contributed by atoms with van der Waals surface area (Å²) in [6.07, 6.45) is 1.96. The molecule has 1 aromatic rings. The molecule has 0 radical (unpaired) electrons. The Morgan fingerprint density at radius 2 is 2.38 bits per heavy atom. The van der Waals surface area contributed by atoms with Crippen molar-refractivity contribution in [1.29, 1.82) is 0 Å². The third kappa shape index (κ3) is 1.19. The van der Waals surface area contributed by atoms with Crippen LogP contribution in [0.15, 0.2) is 23.2 Å². The van der Waals surface area contributed by atoms with Crippen LogP contribution in [0.2, 0.25) is 0 Å². The number of ether oxygens (including phenoxy) is 2. The number of benzene rings is 1. The van der Waals surface area contributed by atoms with E-state index in [-0.39, 0.29) is 5.60 Å². The van der Waals surface area contributed by atoms with E-state index in [2.05, 4.69) is 11.1 Å². The van der Waals surface area contributed by atoms with Crippen LogP contribution in [0.25, 0.3) is 0 Å². The van der Waals surface area contributed by atoms with Gasteiger partial charge in [0, 0.05) is 5.56 Å². The zero-order chi connectivity index (χ0) is 11.2. The molecule has 0 bridgehead atoms. The second-order valence-electron chi connectivity index (χ2n) is 4.27. The maximum absolute atomic E-state index is 5.71. The SMILES string of the molecule is COc1ccc2c(c1)C1(CC2)CN=C(N)O1. The fourth-order valence-electron chi connectivity index (χ4n) is 2.54. The van der Waals surface area contributed by atoms with Crippen LogP contribution in [0.5, 0.6) is 5.75 Å². The smallest absolute Gasteiger partial charge is 0.283 e. The molecule has 4 heteroatoms. The van der Waals surface area contributed by atoms with E-state index in [1.807, 2.05) is 12.1 Å². The number of fused-ring (bicyclic) bond motifs is 2. The third-order valence-electron chi connectivity index (χ3n) is 3.40. The van der Waals surface area contributed by atoms with Gasteiger partial charge in [-0.15, -0.1) is 0 Å². The number of hydrogen-bond donors (Lipinski definition) is 1. The highest BCUT2D eigenvalue weighted by Gasteiger charge is 2.44. The van der Waals surface area contributed by atoms with E-state index >= 15 is 0 Å². The van der Waals surface area contributed by atoms with E-state index in [0.717, 1.165) is 18.6 Å². The minimum absolute atomic E-state index is 0.302. The maximum atomic E-state index is 5.71. The molecule has 0 aromatic heterocycles. The Hall–Kier alpha value is -1.71. The summed E-state index contributed by atoms with van der Waals surface area (Å²) in [4.78, 5) is 4.16. The standard InChI is InChI=1S/C12H14N2O2/c1-15-9-3-2-8-4-5-12(10(8)6-9)7-14-11(13)16-12/h2-3,6H,4-5,7H2,1H3,(H2,13,14). The van der Waals surface area contributed by atoms with Crippen LogP contribution in [-0.4, -0.2) is 19.7 Å². The van der Waals surface area contributed by atoms with E-state index in [4.69, 9.17) is 15.2 Å². The van der Waals surface area contributed by atoms with Gasteiger partial charge in [0.25, 0.3) is 6.02 Å². The van der Waals surface area contributed by atoms with Crippen molar-refractivity contribution < 1.29 is 9.47 Å². The van der Waals surface area contributed by atoms with Crippen LogP contribution in [0.1, 0.15) is 17.5 Å². The van der Waals surface area contributed by atoms with Gasteiger partial charge in [-0.1, -0.05) is 6.07 Å². The molecule has 0 saturated carbocycles. The lowest BCUT2D eigenvalue weighted by Gasteiger charge is -2.23. The molecule has 0 saturated heterocycles. The molecular weight excluding hydrogens is 204 g/mol. The zero-order valence-corrected chi connectivity index (χ0v) is 9.19. The molecule has 1 spiro atoms. The summed E-state index contributed by atoms with van der Waals surface area (Å²) in [5.74, 6) is 0.856. The molecule has 0 amide bonds. The third-order valence-corrected chi connectivity index (χ3v) is 3.40. The first-order valence-corrected chi connectivity index (χ1v) is 5.40. The number of aliphatic imine (C=N–C) groups is 1. The zero-order valence-electron chi connectivity index (χ0n) is 9.19. The molecule has 84 valence electrons. The van der Waals surface area contributed by atoms with Gasteiger partial charge in [0.15, 0.2) is 5.60 Å². The molecule has 1 aromatic carbocycles. The Morgan fingerprint density at radius 3 is 3.06 bits per heavy atom. The number of aryl methyl sites for hydroxylation is 1. The first kappa shape index (κ1) is 9.51. The minimum atomic E-state index is -0.325. The van der Waals surface area contributed by atoms with Gasteiger partial charge in [-0.2, -0.15) is 0 Å². The highest BCUT2D eigenvalue weighted by atomic mass is 16.5. The average molecular weight is 218 g/mol. The monoisotopic (exact) mass is 218 g/mol. The van der Waals surface area contributed by atoms with Crippen molar-refractivity contribution in [2.24, 2.45) is 10.7 Å². The molecule has 1 aliphatic heterocycles. The van der Waals surface area contributed by atoms with E-state index in [1.165, 1.54) is 11.1 Å². The molecule has 3 rings (SSSR count). The van der Waals surface area contributed by atoms with Crippen molar-refractivity contribution in [1.82, 2.24) is 0 Å². The summed E-state index contributed by atoms with van der Waals surface area (Å²) in [7, 11) is 1.67. The molecule has 1 heterocycles. The lowest BCUT2D eigenvalue weighted by atomic mass is 9.96. The van der Waals surface area contributed by atoms with Gasteiger partial charge in [0.1, 0.15) is 5.75 Å². The van der Waals surface area contributed by atoms with Crippen LogP contribution in [0, 0.1) is 0 Å². The molecule has 2 aliphatic rings. The quantitative estimate of drug-likeness (QED) is 0.770. The number of amidine groups is 1. The number of nitrogens with zero attached hydrogens (tertiary/aromatic N) is 1. The lowest BCUT2D eigenvalue weighted by molar-refractivity contribution is 0.0856. The Balaban J connectivity index is 2.04. The predicted octanol–water partition coefficient (Wildman–Crippen LogP) is 1.18. The van der Waals surface area contributed by atoms with Gasteiger partial charge in [-0.05, 0) is 30.5 Å². The van der Waals surface area contributed by atoms with Crippen LogP contribution in [0.4, 0.5) is 0 Å². The number of rotatable bonds is 1. The second kappa shape index (κ2) is 3.14. The largest absolute Gasteiger partial charge is 0.497 e. The minimum Gasteiger partial charge on any atom is -0.497 e. The molecule has 1 unspecified atom stereocenters. The maximum Gasteiger partial charge on any atom is 0.283 e. The topological polar surface area (TPSA) is 56.8 Å². The van der Waals surface area contributed by atoms with E-state index in [1.54, 1.807) is 7.11 Å². The van der Waals surface area contributed by atoms with Crippen molar-refractivity contribution in [3.8, 4) is 5.75 Å². The van der Waals surface area contributed by atoms with Crippen molar-refractivity contribution in [2.45, 2.75) is 18.4 Å². The molecular formula is C12H14N2O2. The summed E-state index contributed by atoms with van der Waals surface area (Å²) < 4.78 is 11.0. The van der Waals surface area contributed by atoms with Gasteiger partial charge < -0.3 is 15.2 Å². The first-order chi connectivity index (χ1) is 7.73. The summed E-state index contributed by atoms with van der Waals surface area (Å²) in [5.41, 5.74) is 7.78. The fraction of sp³-hybridized carbons (Fsp3) is 0.417. The predicted molar refractivity (Wildman–Crippen MR) is 60.6 cm³/mol. The van der Waals surface area contributed by atoms with Gasteiger partial charge in [-0.25, -0.2) is 4.99 Å². The van der Waals surface area contributed by atoms with Crippen LogP contribution < -0.4 is 10.5 Å².